The molecule has 0 bridgehead atoms. The van der Waals surface area contributed by atoms with Gasteiger partial charge in [0, 0.05) is 5.56 Å². The van der Waals surface area contributed by atoms with Crippen molar-refractivity contribution in [2.75, 3.05) is 13.1 Å². The lowest BCUT2D eigenvalue weighted by Crippen LogP contribution is -2.54. The zero-order valence-electron chi connectivity index (χ0n) is 16.3. The summed E-state index contributed by atoms with van der Waals surface area (Å²) in [6, 6.07) is 17.5. The summed E-state index contributed by atoms with van der Waals surface area (Å²) >= 11 is 1.56. The summed E-state index contributed by atoms with van der Waals surface area (Å²) in [5.41, 5.74) is 6.96. The Hall–Kier alpha value is -3.39. The van der Waals surface area contributed by atoms with Crippen molar-refractivity contribution < 1.29 is 18.0 Å². The second kappa shape index (κ2) is 8.77. The van der Waals surface area contributed by atoms with E-state index in [1.54, 1.807) is 11.3 Å². The standard InChI is InChI=1S/C23H18F3N3OS/c24-23(25,26)15-29-21(30)13-27-22(28-29)20-11-17(7-6-16-4-2-1-3-5-16)10-19(12-20)18-8-9-31-14-18/h1-12,14H,13,15H2,(H,27,28)/b7-6+. The minimum atomic E-state index is -4.51. The van der Waals surface area contributed by atoms with Crippen LogP contribution in [0.3, 0.4) is 0 Å². The van der Waals surface area contributed by atoms with E-state index in [0.29, 0.717) is 10.6 Å². The van der Waals surface area contributed by atoms with Crippen molar-refractivity contribution in [2.24, 2.45) is 4.99 Å². The highest BCUT2D eigenvalue weighted by Crippen LogP contribution is 2.26. The largest absolute Gasteiger partial charge is 0.408 e. The Morgan fingerprint density at radius 1 is 1.00 bits per heavy atom. The van der Waals surface area contributed by atoms with E-state index in [4.69, 9.17) is 0 Å². The third-order valence-electron chi connectivity index (χ3n) is 4.60. The van der Waals surface area contributed by atoms with Crippen molar-refractivity contribution >= 4 is 35.2 Å². The van der Waals surface area contributed by atoms with Crippen molar-refractivity contribution in [2.45, 2.75) is 6.18 Å². The van der Waals surface area contributed by atoms with Crippen molar-refractivity contribution in [3.8, 4) is 11.1 Å². The van der Waals surface area contributed by atoms with Crippen LogP contribution in [0.25, 0.3) is 23.3 Å². The van der Waals surface area contributed by atoms with Gasteiger partial charge < -0.3 is 0 Å². The van der Waals surface area contributed by atoms with Gasteiger partial charge >= 0.3 is 6.18 Å². The Balaban J connectivity index is 1.69. The van der Waals surface area contributed by atoms with E-state index in [1.807, 2.05) is 77.5 Å². The van der Waals surface area contributed by atoms with E-state index in [9.17, 15) is 18.0 Å². The first-order valence-corrected chi connectivity index (χ1v) is 10.4. The van der Waals surface area contributed by atoms with Gasteiger partial charge in [-0.15, -0.1) is 0 Å². The van der Waals surface area contributed by atoms with Gasteiger partial charge in [0.2, 0.25) is 0 Å². The van der Waals surface area contributed by atoms with E-state index in [0.717, 1.165) is 22.3 Å². The Bertz CT molecular complexity index is 1120. The number of carbonyl (C=O) groups excluding carboxylic acids is 1. The first kappa shape index (κ1) is 20.9. The maximum Gasteiger partial charge on any atom is 0.408 e. The Labute approximate surface area is 181 Å². The molecular formula is C23H18F3N3OS. The van der Waals surface area contributed by atoms with Crippen LogP contribution in [0, 0.1) is 0 Å². The van der Waals surface area contributed by atoms with Gasteiger partial charge in [0.15, 0.2) is 0 Å². The number of alkyl halides is 3. The van der Waals surface area contributed by atoms with Crippen LogP contribution in [0.1, 0.15) is 16.7 Å². The molecule has 1 aliphatic rings. The number of nitrogens with one attached hydrogen (secondary N) is 1. The monoisotopic (exact) mass is 441 g/mol. The average molecular weight is 441 g/mol. The fourth-order valence-corrected chi connectivity index (χ4v) is 3.82. The minimum Gasteiger partial charge on any atom is -0.279 e. The number of hydrazine groups is 1. The number of amides is 1. The second-order valence-corrected chi connectivity index (χ2v) is 7.75. The second-order valence-electron chi connectivity index (χ2n) is 6.97. The number of amidine groups is 1. The van der Waals surface area contributed by atoms with E-state index < -0.39 is 18.6 Å². The molecule has 0 fully saturated rings. The molecule has 2 aromatic carbocycles. The predicted octanol–water partition coefficient (Wildman–Crippen LogP) is 5.24. The summed E-state index contributed by atoms with van der Waals surface area (Å²) in [5.74, 6) is -0.491. The molecule has 1 N–H and O–H groups in total. The van der Waals surface area contributed by atoms with Gasteiger partial charge in [-0.2, -0.15) is 24.5 Å². The van der Waals surface area contributed by atoms with Crippen LogP contribution in [0.4, 0.5) is 13.2 Å². The van der Waals surface area contributed by atoms with Gasteiger partial charge in [-0.3, -0.25) is 15.2 Å². The van der Waals surface area contributed by atoms with Crippen LogP contribution in [0.2, 0.25) is 0 Å². The van der Waals surface area contributed by atoms with Gasteiger partial charge in [-0.25, -0.2) is 5.01 Å². The molecule has 4 nitrogen and oxygen atoms in total. The Morgan fingerprint density at radius 2 is 1.74 bits per heavy atom. The molecule has 31 heavy (non-hydrogen) atoms. The molecule has 0 saturated heterocycles. The predicted molar refractivity (Wildman–Crippen MR) is 117 cm³/mol. The number of benzene rings is 2. The number of hydrogen-bond acceptors (Lipinski definition) is 4. The Kier molecular flexibility index (Phi) is 5.90. The smallest absolute Gasteiger partial charge is 0.279 e. The molecule has 158 valence electrons. The molecule has 1 aromatic heterocycles. The zero-order chi connectivity index (χ0) is 21.8. The molecule has 0 saturated carbocycles. The van der Waals surface area contributed by atoms with Gasteiger partial charge in [-0.1, -0.05) is 42.5 Å². The van der Waals surface area contributed by atoms with E-state index in [-0.39, 0.29) is 12.4 Å². The number of rotatable bonds is 5. The van der Waals surface area contributed by atoms with Gasteiger partial charge in [-0.05, 0) is 57.3 Å². The van der Waals surface area contributed by atoms with E-state index in [1.165, 1.54) is 0 Å². The molecule has 0 unspecified atom stereocenters. The van der Waals surface area contributed by atoms with Crippen LogP contribution in [0.15, 0.2) is 70.3 Å². The van der Waals surface area contributed by atoms with Crippen LogP contribution in [-0.4, -0.2) is 36.0 Å². The number of hydrogen-bond donors (Lipinski definition) is 1. The lowest BCUT2D eigenvalue weighted by Gasteiger charge is -2.29. The average Bonchev–Trinajstić information content (AvgIpc) is 3.28. The SMILES string of the molecule is O=C1CN=C(c2cc(/C=C/c3ccccc3)cc(-c3ccsc3)c2)NN1CC(F)(F)F. The van der Waals surface area contributed by atoms with Crippen LogP contribution >= 0.6 is 11.3 Å². The van der Waals surface area contributed by atoms with Gasteiger partial charge in [0.1, 0.15) is 18.9 Å². The third-order valence-corrected chi connectivity index (χ3v) is 5.29. The summed E-state index contributed by atoms with van der Waals surface area (Å²) in [7, 11) is 0. The summed E-state index contributed by atoms with van der Waals surface area (Å²) in [5, 5.41) is 4.53. The topological polar surface area (TPSA) is 44.7 Å². The van der Waals surface area contributed by atoms with E-state index >= 15 is 0 Å². The van der Waals surface area contributed by atoms with Crippen molar-refractivity contribution in [3.05, 3.63) is 82.0 Å². The van der Waals surface area contributed by atoms with Gasteiger partial charge in [0.05, 0.1) is 0 Å². The fourth-order valence-electron chi connectivity index (χ4n) is 3.16. The minimum absolute atomic E-state index is 0.232. The molecule has 2 heterocycles. The molecule has 4 rings (SSSR count). The highest BCUT2D eigenvalue weighted by atomic mass is 32.1. The molecule has 0 aliphatic carbocycles. The molecule has 1 aliphatic heterocycles. The molecule has 0 radical (unpaired) electrons. The summed E-state index contributed by atoms with van der Waals surface area (Å²) in [6.07, 6.45) is -0.601. The zero-order valence-corrected chi connectivity index (χ0v) is 17.1. The molecule has 1 amide bonds. The van der Waals surface area contributed by atoms with Crippen molar-refractivity contribution in [1.82, 2.24) is 10.4 Å². The van der Waals surface area contributed by atoms with E-state index in [2.05, 4.69) is 10.4 Å². The van der Waals surface area contributed by atoms with Gasteiger partial charge in [0.25, 0.3) is 5.91 Å². The number of thiophene rings is 1. The van der Waals surface area contributed by atoms with Crippen LogP contribution in [0.5, 0.6) is 0 Å². The summed E-state index contributed by atoms with van der Waals surface area (Å²) in [4.78, 5) is 16.0. The third kappa shape index (κ3) is 5.40. The highest BCUT2D eigenvalue weighted by Gasteiger charge is 2.35. The normalized spacial score (nSPS) is 14.6. The molecular weight excluding hydrogens is 423 g/mol. The molecule has 0 atom stereocenters. The Morgan fingerprint density at radius 3 is 2.45 bits per heavy atom. The van der Waals surface area contributed by atoms with Crippen molar-refractivity contribution in [3.63, 3.8) is 0 Å². The summed E-state index contributed by atoms with van der Waals surface area (Å²) < 4.78 is 38.5. The van der Waals surface area contributed by atoms with Crippen LogP contribution in [-0.2, 0) is 4.79 Å². The fraction of sp³-hybridized carbons (Fsp3) is 0.130. The summed E-state index contributed by atoms with van der Waals surface area (Å²) in [6.45, 7) is -1.72. The highest BCUT2D eigenvalue weighted by molar-refractivity contribution is 7.08. The quantitative estimate of drug-likeness (QED) is 0.551. The number of halogens is 3. The lowest BCUT2D eigenvalue weighted by atomic mass is 10.00. The maximum absolute atomic E-state index is 12.8. The molecule has 3 aromatic rings. The maximum atomic E-state index is 12.8. The van der Waals surface area contributed by atoms with Crippen LogP contribution < -0.4 is 5.43 Å². The molecule has 8 heteroatoms. The lowest BCUT2D eigenvalue weighted by molar-refractivity contribution is -0.164. The first-order valence-electron chi connectivity index (χ1n) is 9.47. The van der Waals surface area contributed by atoms with Crippen molar-refractivity contribution in [1.29, 1.82) is 0 Å². The first-order chi connectivity index (χ1) is 14.9. The number of nitrogens with zero attached hydrogens (tertiary/aromatic N) is 2. The number of carbonyl (C=O) groups is 1. The number of aliphatic imine (C=N–C) groups is 1. The molecule has 0 spiro atoms.